The number of nitrogens with zero attached hydrogens (tertiary/aromatic N) is 2. The summed E-state index contributed by atoms with van der Waals surface area (Å²) in [6.45, 7) is -0.0508. The van der Waals surface area contributed by atoms with Crippen molar-refractivity contribution < 1.29 is 19.1 Å². The molecule has 2 N–H and O–H groups in total. The number of para-hydroxylation sites is 2. The summed E-state index contributed by atoms with van der Waals surface area (Å²) >= 11 is 5.92. The Hall–Kier alpha value is -4.69. The molecule has 2 heterocycles. The lowest BCUT2D eigenvalue weighted by molar-refractivity contribution is -0.121. The van der Waals surface area contributed by atoms with Gasteiger partial charge in [0.05, 0.1) is 27.8 Å². The van der Waals surface area contributed by atoms with Gasteiger partial charge in [-0.2, -0.15) is 5.10 Å². The van der Waals surface area contributed by atoms with E-state index in [0.717, 1.165) is 0 Å². The number of furan rings is 1. The number of benzene rings is 3. The molecular weight excluding hydrogens is 482 g/mol. The van der Waals surface area contributed by atoms with Crippen LogP contribution in [0, 0.1) is 0 Å². The van der Waals surface area contributed by atoms with Crippen LogP contribution in [0.5, 0.6) is 0 Å². The van der Waals surface area contributed by atoms with E-state index in [2.05, 4.69) is 10.5 Å². The molecule has 5 aromatic rings. The van der Waals surface area contributed by atoms with Crippen molar-refractivity contribution in [3.8, 4) is 11.3 Å². The number of carbonyl (C=O) groups is 2. The van der Waals surface area contributed by atoms with E-state index in [4.69, 9.17) is 16.0 Å². The number of hydrogen-bond donors (Lipinski definition) is 2. The summed E-state index contributed by atoms with van der Waals surface area (Å²) in [6.07, 6.45) is 1.34. The number of halogens is 1. The Morgan fingerprint density at radius 2 is 1.64 bits per heavy atom. The van der Waals surface area contributed by atoms with E-state index in [1.54, 1.807) is 59.2 Å². The smallest absolute Gasteiger partial charge is 0.337 e. The summed E-state index contributed by atoms with van der Waals surface area (Å²) < 4.78 is 7.48. The SMILES string of the molecule is O=C(Cn1c2ccccc2c(=O)c2ccccc21)N/N=C/c1ccc(-c2ccc(Cl)c(C(=O)O)c2)o1. The Kier molecular flexibility index (Phi) is 6.10. The average molecular weight is 500 g/mol. The Balaban J connectivity index is 1.35. The molecule has 36 heavy (non-hydrogen) atoms. The van der Waals surface area contributed by atoms with Crippen molar-refractivity contribution in [1.29, 1.82) is 0 Å². The van der Waals surface area contributed by atoms with Gasteiger partial charge in [-0.15, -0.1) is 0 Å². The maximum absolute atomic E-state index is 12.8. The fourth-order valence-corrected chi connectivity index (χ4v) is 4.21. The zero-order valence-electron chi connectivity index (χ0n) is 18.6. The van der Waals surface area contributed by atoms with E-state index in [0.29, 0.717) is 38.9 Å². The fourth-order valence-electron chi connectivity index (χ4n) is 4.01. The molecule has 0 saturated heterocycles. The molecule has 0 radical (unpaired) electrons. The second kappa shape index (κ2) is 9.52. The van der Waals surface area contributed by atoms with Gasteiger partial charge in [0, 0.05) is 16.3 Å². The zero-order valence-corrected chi connectivity index (χ0v) is 19.4. The standard InChI is InChI=1S/C27H18ClN3O5/c28-21-11-9-16(13-20(21)27(34)35)24-12-10-17(36-24)14-29-30-25(32)15-31-22-7-3-1-5-18(22)26(33)19-6-2-4-8-23(19)31/h1-14H,15H2,(H,30,32)(H,34,35)/b29-14+. The normalized spacial score (nSPS) is 11.4. The van der Waals surface area contributed by atoms with E-state index in [-0.39, 0.29) is 28.5 Å². The highest BCUT2D eigenvalue weighted by molar-refractivity contribution is 6.33. The lowest BCUT2D eigenvalue weighted by Crippen LogP contribution is -2.25. The van der Waals surface area contributed by atoms with E-state index in [1.807, 2.05) is 12.1 Å². The van der Waals surface area contributed by atoms with Gasteiger partial charge in [0.2, 0.25) is 0 Å². The van der Waals surface area contributed by atoms with Gasteiger partial charge >= 0.3 is 5.97 Å². The van der Waals surface area contributed by atoms with Crippen LogP contribution >= 0.6 is 11.6 Å². The number of fused-ring (bicyclic) bond motifs is 2. The van der Waals surface area contributed by atoms with Crippen molar-refractivity contribution in [2.75, 3.05) is 0 Å². The van der Waals surface area contributed by atoms with Crippen LogP contribution in [0.15, 0.2) is 93.2 Å². The Morgan fingerprint density at radius 1 is 0.972 bits per heavy atom. The number of aromatic nitrogens is 1. The van der Waals surface area contributed by atoms with Gasteiger partial charge in [-0.05, 0) is 54.6 Å². The lowest BCUT2D eigenvalue weighted by atomic mass is 10.1. The maximum atomic E-state index is 12.8. The first-order valence-electron chi connectivity index (χ1n) is 10.9. The number of carboxylic acid groups (broad SMARTS) is 1. The Morgan fingerprint density at radius 3 is 2.31 bits per heavy atom. The van der Waals surface area contributed by atoms with Crippen molar-refractivity contribution in [3.63, 3.8) is 0 Å². The molecule has 0 atom stereocenters. The number of nitrogens with one attached hydrogen (secondary N) is 1. The summed E-state index contributed by atoms with van der Waals surface area (Å²) in [5, 5.41) is 14.4. The predicted molar refractivity (Wildman–Crippen MR) is 138 cm³/mol. The van der Waals surface area contributed by atoms with E-state index >= 15 is 0 Å². The molecular formula is C27H18ClN3O5. The highest BCUT2D eigenvalue weighted by atomic mass is 35.5. The minimum absolute atomic E-state index is 0.0318. The number of carbonyl (C=O) groups excluding carboxylic acids is 1. The first-order valence-corrected chi connectivity index (χ1v) is 11.3. The van der Waals surface area contributed by atoms with Crippen LogP contribution in [0.3, 0.4) is 0 Å². The van der Waals surface area contributed by atoms with Crippen molar-refractivity contribution in [3.05, 3.63) is 105 Å². The molecule has 178 valence electrons. The molecule has 0 saturated carbocycles. The van der Waals surface area contributed by atoms with Crippen LogP contribution < -0.4 is 10.9 Å². The molecule has 0 bridgehead atoms. The zero-order chi connectivity index (χ0) is 25.2. The Bertz CT molecular complexity index is 1680. The third-order valence-electron chi connectivity index (χ3n) is 5.67. The summed E-state index contributed by atoms with van der Waals surface area (Å²) in [5.74, 6) is -0.744. The number of hydrazone groups is 1. The van der Waals surface area contributed by atoms with E-state index < -0.39 is 5.97 Å². The monoisotopic (exact) mass is 499 g/mol. The predicted octanol–water partition coefficient (Wildman–Crippen LogP) is 4.92. The molecule has 5 rings (SSSR count). The van der Waals surface area contributed by atoms with Crippen LogP contribution in [0.4, 0.5) is 0 Å². The number of carboxylic acids is 1. The van der Waals surface area contributed by atoms with Crippen LogP contribution in [-0.2, 0) is 11.3 Å². The third-order valence-corrected chi connectivity index (χ3v) is 6.00. The van der Waals surface area contributed by atoms with Crippen molar-refractivity contribution in [2.45, 2.75) is 6.54 Å². The largest absolute Gasteiger partial charge is 0.478 e. The number of pyridine rings is 1. The minimum Gasteiger partial charge on any atom is -0.478 e. The topological polar surface area (TPSA) is 114 Å². The van der Waals surface area contributed by atoms with Gasteiger partial charge in [0.1, 0.15) is 18.1 Å². The van der Waals surface area contributed by atoms with Crippen LogP contribution in [0.25, 0.3) is 33.1 Å². The molecule has 0 fully saturated rings. The van der Waals surface area contributed by atoms with Crippen molar-refractivity contribution >= 4 is 51.5 Å². The molecule has 0 aliphatic carbocycles. The number of amides is 1. The summed E-state index contributed by atoms with van der Waals surface area (Å²) in [6, 6.07) is 22.2. The lowest BCUT2D eigenvalue weighted by Gasteiger charge is -2.14. The van der Waals surface area contributed by atoms with Crippen molar-refractivity contribution in [2.24, 2.45) is 5.10 Å². The van der Waals surface area contributed by atoms with Gasteiger partial charge in [0.15, 0.2) is 5.43 Å². The minimum atomic E-state index is -1.14. The second-order valence-electron chi connectivity index (χ2n) is 7.94. The molecule has 2 aromatic heterocycles. The molecule has 3 aromatic carbocycles. The third kappa shape index (κ3) is 4.37. The number of rotatable bonds is 6. The van der Waals surface area contributed by atoms with Crippen molar-refractivity contribution in [1.82, 2.24) is 9.99 Å². The first kappa shape index (κ1) is 23.1. The Labute approximate surface area is 209 Å². The van der Waals surface area contributed by atoms with E-state index in [9.17, 15) is 19.5 Å². The molecule has 9 heteroatoms. The second-order valence-corrected chi connectivity index (χ2v) is 8.35. The summed E-state index contributed by atoms with van der Waals surface area (Å²) in [5.41, 5.74) is 4.21. The fraction of sp³-hybridized carbons (Fsp3) is 0.0370. The molecule has 0 spiro atoms. The van der Waals surface area contributed by atoms with Gasteiger partial charge in [-0.25, -0.2) is 10.2 Å². The molecule has 0 unspecified atom stereocenters. The van der Waals surface area contributed by atoms with Gasteiger partial charge in [-0.1, -0.05) is 35.9 Å². The van der Waals surface area contributed by atoms with Gasteiger partial charge < -0.3 is 14.1 Å². The molecule has 0 aliphatic rings. The van der Waals surface area contributed by atoms with Crippen LogP contribution in [-0.4, -0.2) is 27.8 Å². The highest BCUT2D eigenvalue weighted by Gasteiger charge is 2.14. The number of hydrogen-bond acceptors (Lipinski definition) is 5. The number of aromatic carboxylic acids is 1. The molecule has 1 amide bonds. The summed E-state index contributed by atoms with van der Waals surface area (Å²) in [7, 11) is 0. The first-order chi connectivity index (χ1) is 17.4. The molecule has 0 aliphatic heterocycles. The summed E-state index contributed by atoms with van der Waals surface area (Å²) in [4.78, 5) is 36.9. The quantitative estimate of drug-likeness (QED) is 0.195. The van der Waals surface area contributed by atoms with Crippen LogP contribution in [0.2, 0.25) is 5.02 Å². The van der Waals surface area contributed by atoms with Gasteiger partial charge in [-0.3, -0.25) is 9.59 Å². The molecule has 8 nitrogen and oxygen atoms in total. The maximum Gasteiger partial charge on any atom is 0.337 e. The van der Waals surface area contributed by atoms with E-state index in [1.165, 1.54) is 18.3 Å². The van der Waals surface area contributed by atoms with Crippen LogP contribution in [0.1, 0.15) is 16.1 Å². The average Bonchev–Trinajstić information content (AvgIpc) is 3.35. The van der Waals surface area contributed by atoms with Gasteiger partial charge in [0.25, 0.3) is 5.91 Å². The highest BCUT2D eigenvalue weighted by Crippen LogP contribution is 2.26.